The molecule has 1 aliphatic rings. The zero-order chi connectivity index (χ0) is 16.6. The van der Waals surface area contributed by atoms with E-state index in [1.807, 2.05) is 0 Å². The molecule has 0 aromatic rings. The molecule has 23 heavy (non-hydrogen) atoms. The van der Waals surface area contributed by atoms with Gasteiger partial charge in [0.1, 0.15) is 0 Å². The molecule has 0 atom stereocenters. The first-order chi connectivity index (χ1) is 11.3. The smallest absolute Gasteiger partial charge is 0.327 e. The largest absolute Gasteiger partial charge is 0.478 e. The average Bonchev–Trinajstić information content (AvgIpc) is 3.04. The summed E-state index contributed by atoms with van der Waals surface area (Å²) in [6, 6.07) is 0. The zero-order valence-corrected chi connectivity index (χ0v) is 14.9. The molecule has 1 rings (SSSR count). The van der Waals surface area contributed by atoms with Crippen LogP contribution in [-0.2, 0) is 4.79 Å². The third kappa shape index (κ3) is 13.1. The van der Waals surface area contributed by atoms with Crippen molar-refractivity contribution in [1.29, 1.82) is 0 Å². The van der Waals surface area contributed by atoms with E-state index in [-0.39, 0.29) is 0 Å². The van der Waals surface area contributed by atoms with Crippen molar-refractivity contribution >= 4 is 5.97 Å². The minimum Gasteiger partial charge on any atom is -0.478 e. The number of hydrogen-bond acceptors (Lipinski definition) is 1. The van der Waals surface area contributed by atoms with E-state index >= 15 is 0 Å². The summed E-state index contributed by atoms with van der Waals surface area (Å²) in [4.78, 5) is 10.3. The molecular weight excluding hydrogens is 284 g/mol. The highest BCUT2D eigenvalue weighted by Crippen LogP contribution is 2.23. The van der Waals surface area contributed by atoms with E-state index < -0.39 is 5.97 Å². The Morgan fingerprint density at radius 3 is 2.00 bits per heavy atom. The van der Waals surface area contributed by atoms with E-state index in [2.05, 4.69) is 6.08 Å². The summed E-state index contributed by atoms with van der Waals surface area (Å²) in [5, 5.41) is 8.46. The van der Waals surface area contributed by atoms with Crippen LogP contribution < -0.4 is 0 Å². The Morgan fingerprint density at radius 1 is 0.913 bits per heavy atom. The van der Waals surface area contributed by atoms with Gasteiger partial charge in [0.25, 0.3) is 0 Å². The maximum absolute atomic E-state index is 10.3. The molecule has 0 amide bonds. The molecule has 0 aliphatic heterocycles. The van der Waals surface area contributed by atoms with Crippen LogP contribution in [0.15, 0.2) is 23.8 Å². The highest BCUT2D eigenvalue weighted by atomic mass is 16.4. The van der Waals surface area contributed by atoms with Crippen molar-refractivity contribution in [3.8, 4) is 0 Å². The molecule has 1 aliphatic carbocycles. The summed E-state index contributed by atoms with van der Waals surface area (Å²) in [6.45, 7) is 0. The van der Waals surface area contributed by atoms with Gasteiger partial charge < -0.3 is 5.11 Å². The van der Waals surface area contributed by atoms with Crippen LogP contribution in [0.2, 0.25) is 0 Å². The second-order valence-electron chi connectivity index (χ2n) is 6.92. The van der Waals surface area contributed by atoms with Crippen molar-refractivity contribution < 1.29 is 9.90 Å². The van der Waals surface area contributed by atoms with Gasteiger partial charge in [-0.3, -0.25) is 0 Å². The summed E-state index contributed by atoms with van der Waals surface area (Å²) in [5.74, 6) is -0.833. The second kappa shape index (κ2) is 14.5. The minimum atomic E-state index is -0.833. The predicted octanol–water partition coefficient (Wildman–Crippen LogP) is 6.81. The SMILES string of the molecule is O=C(O)C=CCCCCCCCCCCCCCC1=CCCC1. The lowest BCUT2D eigenvalue weighted by atomic mass is 10.0. The predicted molar refractivity (Wildman–Crippen MR) is 98.7 cm³/mol. The number of aliphatic carboxylic acids is 1. The fourth-order valence-electron chi connectivity index (χ4n) is 3.35. The van der Waals surface area contributed by atoms with Crippen molar-refractivity contribution in [1.82, 2.24) is 0 Å². The van der Waals surface area contributed by atoms with Crippen LogP contribution in [0.4, 0.5) is 0 Å². The van der Waals surface area contributed by atoms with E-state index in [1.165, 1.54) is 96.0 Å². The van der Waals surface area contributed by atoms with Gasteiger partial charge in [-0.25, -0.2) is 4.79 Å². The quantitative estimate of drug-likeness (QED) is 0.204. The number of rotatable bonds is 15. The van der Waals surface area contributed by atoms with Crippen LogP contribution in [0.5, 0.6) is 0 Å². The molecule has 0 unspecified atom stereocenters. The molecule has 0 spiro atoms. The number of unbranched alkanes of at least 4 members (excludes halogenated alkanes) is 11. The molecular formula is C21H36O2. The Hall–Kier alpha value is -1.05. The zero-order valence-electron chi connectivity index (χ0n) is 14.9. The molecule has 132 valence electrons. The highest BCUT2D eigenvalue weighted by Gasteiger charge is 2.03. The molecule has 0 fully saturated rings. The molecule has 0 aromatic heterocycles. The number of allylic oxidation sites excluding steroid dienone is 3. The Labute approximate surface area is 143 Å². The Morgan fingerprint density at radius 2 is 1.48 bits per heavy atom. The lowest BCUT2D eigenvalue weighted by Crippen LogP contribution is -1.86. The maximum Gasteiger partial charge on any atom is 0.327 e. The Bertz CT molecular complexity index is 355. The molecule has 0 saturated heterocycles. The monoisotopic (exact) mass is 320 g/mol. The van der Waals surface area contributed by atoms with Crippen molar-refractivity contribution in [2.45, 2.75) is 103 Å². The topological polar surface area (TPSA) is 37.3 Å². The van der Waals surface area contributed by atoms with Crippen molar-refractivity contribution in [3.05, 3.63) is 23.8 Å². The van der Waals surface area contributed by atoms with Crippen molar-refractivity contribution in [3.63, 3.8) is 0 Å². The fraction of sp³-hybridized carbons (Fsp3) is 0.762. The van der Waals surface area contributed by atoms with Gasteiger partial charge in [0, 0.05) is 6.08 Å². The molecule has 1 N–H and O–H groups in total. The maximum atomic E-state index is 10.3. The van der Waals surface area contributed by atoms with E-state index in [0.29, 0.717) is 0 Å². The van der Waals surface area contributed by atoms with Crippen LogP contribution in [0.1, 0.15) is 103 Å². The third-order valence-electron chi connectivity index (χ3n) is 4.76. The lowest BCUT2D eigenvalue weighted by molar-refractivity contribution is -0.131. The normalized spacial score (nSPS) is 14.5. The van der Waals surface area contributed by atoms with Gasteiger partial charge in [0.15, 0.2) is 0 Å². The average molecular weight is 321 g/mol. The molecule has 0 saturated carbocycles. The molecule has 0 radical (unpaired) electrons. The van der Waals surface area contributed by atoms with Crippen LogP contribution in [0.25, 0.3) is 0 Å². The standard InChI is InChI=1S/C21H36O2/c22-21(23)19-13-11-9-7-5-3-1-2-4-6-8-10-12-16-20-17-14-15-18-20/h13,17,19H,1-12,14-16,18H2,(H,22,23). The van der Waals surface area contributed by atoms with Crippen LogP contribution in [0.3, 0.4) is 0 Å². The van der Waals surface area contributed by atoms with Crippen LogP contribution in [0, 0.1) is 0 Å². The van der Waals surface area contributed by atoms with Gasteiger partial charge in [0.2, 0.25) is 0 Å². The first-order valence-electron chi connectivity index (χ1n) is 9.86. The summed E-state index contributed by atoms with van der Waals surface area (Å²) in [6.07, 6.45) is 26.7. The summed E-state index contributed by atoms with van der Waals surface area (Å²) in [5.41, 5.74) is 1.73. The van der Waals surface area contributed by atoms with Gasteiger partial charge in [-0.2, -0.15) is 0 Å². The molecule has 0 aromatic carbocycles. The highest BCUT2D eigenvalue weighted by molar-refractivity contribution is 5.79. The third-order valence-corrected chi connectivity index (χ3v) is 4.76. The van der Waals surface area contributed by atoms with Gasteiger partial charge in [-0.05, 0) is 44.9 Å². The summed E-state index contributed by atoms with van der Waals surface area (Å²) < 4.78 is 0. The van der Waals surface area contributed by atoms with Crippen LogP contribution >= 0.6 is 0 Å². The minimum absolute atomic E-state index is 0.833. The lowest BCUT2D eigenvalue weighted by Gasteiger charge is -2.03. The van der Waals surface area contributed by atoms with Gasteiger partial charge in [0.05, 0.1) is 0 Å². The number of carbonyl (C=O) groups is 1. The van der Waals surface area contributed by atoms with Gasteiger partial charge >= 0.3 is 5.97 Å². The van der Waals surface area contributed by atoms with E-state index in [9.17, 15) is 4.79 Å². The first-order valence-corrected chi connectivity index (χ1v) is 9.86. The summed E-state index contributed by atoms with van der Waals surface area (Å²) in [7, 11) is 0. The van der Waals surface area contributed by atoms with Gasteiger partial charge in [-0.15, -0.1) is 0 Å². The van der Waals surface area contributed by atoms with Crippen molar-refractivity contribution in [2.75, 3.05) is 0 Å². The number of carboxylic acid groups (broad SMARTS) is 1. The van der Waals surface area contributed by atoms with Crippen molar-refractivity contribution in [2.24, 2.45) is 0 Å². The van der Waals surface area contributed by atoms with E-state index in [4.69, 9.17) is 5.11 Å². The molecule has 0 bridgehead atoms. The van der Waals surface area contributed by atoms with E-state index in [0.717, 1.165) is 12.8 Å². The Kier molecular flexibility index (Phi) is 12.6. The van der Waals surface area contributed by atoms with E-state index in [1.54, 1.807) is 11.6 Å². The number of carboxylic acids is 1. The summed E-state index contributed by atoms with van der Waals surface area (Å²) >= 11 is 0. The second-order valence-corrected chi connectivity index (χ2v) is 6.92. The fourth-order valence-corrected chi connectivity index (χ4v) is 3.35. The van der Waals surface area contributed by atoms with Crippen LogP contribution in [-0.4, -0.2) is 11.1 Å². The molecule has 2 heteroatoms. The molecule has 2 nitrogen and oxygen atoms in total. The molecule has 0 heterocycles. The first kappa shape index (κ1) is 20.0. The number of hydrogen-bond donors (Lipinski definition) is 1. The Balaban J connectivity index is 1.70. The van der Waals surface area contributed by atoms with Gasteiger partial charge in [-0.1, -0.05) is 75.5 Å².